The molecule has 220 valence electrons. The van der Waals surface area contributed by atoms with Gasteiger partial charge in [-0.3, -0.25) is 14.3 Å². The third kappa shape index (κ3) is 6.52. The van der Waals surface area contributed by atoms with Gasteiger partial charge < -0.3 is 14.5 Å². The first-order chi connectivity index (χ1) is 20.0. The number of aromatic nitrogens is 5. The first kappa shape index (κ1) is 29.4. The fourth-order valence-corrected chi connectivity index (χ4v) is 5.44. The highest BCUT2D eigenvalue weighted by Crippen LogP contribution is 2.36. The van der Waals surface area contributed by atoms with Crippen molar-refractivity contribution in [3.8, 4) is 11.6 Å². The molecule has 0 saturated carbocycles. The minimum atomic E-state index is -1.76. The largest absolute Gasteiger partial charge is 0.492 e. The van der Waals surface area contributed by atoms with Crippen molar-refractivity contribution < 1.29 is 13.6 Å². The quantitative estimate of drug-likeness (QED) is 0.146. The molecule has 11 heteroatoms. The average Bonchev–Trinajstić information content (AvgIpc) is 3.36. The molecule has 0 atom stereocenters. The van der Waals surface area contributed by atoms with E-state index in [1.807, 2.05) is 24.4 Å². The fraction of sp³-hybridized carbons (Fsp3) is 0.355. The van der Waals surface area contributed by atoms with E-state index >= 15 is 0 Å². The third-order valence-corrected chi connectivity index (χ3v) is 12.3. The first-order valence-corrected chi connectivity index (χ1v) is 17.0. The highest BCUT2D eigenvalue weighted by Gasteiger charge is 2.36. The van der Waals surface area contributed by atoms with Gasteiger partial charge in [0.05, 0.1) is 36.1 Å². The Hall–Kier alpha value is -4.09. The SMILES string of the molecule is CC(C)(C)[Si](C)(C)OCCCOc1cnc2c(NCCn3nc(-n4ccc5ccc(F)cc54)ccc3=O)ccnc2c1. The van der Waals surface area contributed by atoms with Crippen LogP contribution in [0, 0.1) is 5.82 Å². The van der Waals surface area contributed by atoms with Crippen LogP contribution in [0.4, 0.5) is 10.1 Å². The molecular weight excluding hydrogens is 551 g/mol. The van der Waals surface area contributed by atoms with E-state index in [1.165, 1.54) is 22.9 Å². The zero-order valence-corrected chi connectivity index (χ0v) is 25.7. The molecule has 0 aliphatic heterocycles. The summed E-state index contributed by atoms with van der Waals surface area (Å²) in [6.07, 6.45) is 6.02. The summed E-state index contributed by atoms with van der Waals surface area (Å²) < 4.78 is 29.2. The standard InChI is InChI=1S/C31H37FN6O3Si/c1-31(2,3)42(4,5)41-18-6-17-40-24-20-26-30(35-21-24)25(11-13-33-26)34-14-16-38-29(39)10-9-28(36-38)37-15-12-22-7-8-23(32)19-27(22)37/h7-13,15,19-21H,6,14,16-18H2,1-5H3,(H,33,34). The Morgan fingerprint density at radius 3 is 2.67 bits per heavy atom. The van der Waals surface area contributed by atoms with E-state index in [4.69, 9.17) is 9.16 Å². The summed E-state index contributed by atoms with van der Waals surface area (Å²) in [4.78, 5) is 21.6. The molecule has 0 spiro atoms. The summed E-state index contributed by atoms with van der Waals surface area (Å²) in [5.74, 6) is 0.860. The number of benzene rings is 1. The van der Waals surface area contributed by atoms with E-state index in [0.29, 0.717) is 54.4 Å². The van der Waals surface area contributed by atoms with Gasteiger partial charge in [0, 0.05) is 49.5 Å². The molecule has 1 aromatic carbocycles. The number of ether oxygens (including phenoxy) is 1. The number of nitrogens with zero attached hydrogens (tertiary/aromatic N) is 5. The molecule has 0 aliphatic carbocycles. The minimum absolute atomic E-state index is 0.185. The normalized spacial score (nSPS) is 12.2. The molecule has 0 radical (unpaired) electrons. The maximum absolute atomic E-state index is 13.8. The van der Waals surface area contributed by atoms with E-state index < -0.39 is 8.32 Å². The molecule has 0 amide bonds. The smallest absolute Gasteiger partial charge is 0.266 e. The van der Waals surface area contributed by atoms with Gasteiger partial charge in [-0.05, 0) is 54.5 Å². The van der Waals surface area contributed by atoms with E-state index in [0.717, 1.165) is 17.5 Å². The van der Waals surface area contributed by atoms with E-state index in [2.05, 4.69) is 54.2 Å². The Morgan fingerprint density at radius 2 is 1.86 bits per heavy atom. The van der Waals surface area contributed by atoms with Gasteiger partial charge in [-0.25, -0.2) is 14.1 Å². The summed E-state index contributed by atoms with van der Waals surface area (Å²) in [6, 6.07) is 13.3. The second-order valence-electron chi connectivity index (χ2n) is 11.8. The van der Waals surface area contributed by atoms with Crippen LogP contribution < -0.4 is 15.6 Å². The predicted octanol–water partition coefficient (Wildman–Crippen LogP) is 6.17. The van der Waals surface area contributed by atoms with E-state index in [1.54, 1.807) is 29.1 Å². The molecule has 5 rings (SSSR count). The number of hydrogen-bond acceptors (Lipinski definition) is 7. The second-order valence-corrected chi connectivity index (χ2v) is 16.6. The van der Waals surface area contributed by atoms with Crippen LogP contribution in [0.1, 0.15) is 27.2 Å². The van der Waals surface area contributed by atoms with Gasteiger partial charge in [-0.2, -0.15) is 5.10 Å². The van der Waals surface area contributed by atoms with Crippen LogP contribution in [0.25, 0.3) is 27.8 Å². The van der Waals surface area contributed by atoms with Gasteiger partial charge in [-0.1, -0.05) is 20.8 Å². The molecule has 9 nitrogen and oxygen atoms in total. The Kier molecular flexibility index (Phi) is 8.42. The monoisotopic (exact) mass is 588 g/mol. The maximum atomic E-state index is 13.8. The zero-order chi connectivity index (χ0) is 29.9. The number of rotatable bonds is 11. The van der Waals surface area contributed by atoms with Crippen LogP contribution in [0.5, 0.6) is 5.75 Å². The van der Waals surface area contributed by atoms with E-state index in [-0.39, 0.29) is 16.4 Å². The Balaban J connectivity index is 1.20. The van der Waals surface area contributed by atoms with Crippen LogP contribution in [-0.2, 0) is 11.0 Å². The molecule has 4 aromatic heterocycles. The van der Waals surface area contributed by atoms with Crippen LogP contribution in [0.15, 0.2) is 71.9 Å². The third-order valence-electron chi connectivity index (χ3n) is 7.77. The van der Waals surface area contributed by atoms with E-state index in [9.17, 15) is 9.18 Å². The highest BCUT2D eigenvalue weighted by molar-refractivity contribution is 6.74. The van der Waals surface area contributed by atoms with Gasteiger partial charge in [-0.15, -0.1) is 0 Å². The molecule has 0 unspecified atom stereocenters. The number of halogens is 1. The topological polar surface area (TPSA) is 96.1 Å². The van der Waals surface area contributed by atoms with Crippen molar-refractivity contribution in [3.05, 3.63) is 83.3 Å². The summed E-state index contributed by atoms with van der Waals surface area (Å²) in [5.41, 5.74) is 2.67. The van der Waals surface area contributed by atoms with Crippen LogP contribution in [-0.4, -0.2) is 52.4 Å². The van der Waals surface area contributed by atoms with Gasteiger partial charge in [0.25, 0.3) is 5.56 Å². The summed E-state index contributed by atoms with van der Waals surface area (Å²) in [5, 5.41) is 8.94. The average molecular weight is 589 g/mol. The number of hydrogen-bond donors (Lipinski definition) is 1. The lowest BCUT2D eigenvalue weighted by atomic mass is 10.2. The van der Waals surface area contributed by atoms with Crippen molar-refractivity contribution in [2.75, 3.05) is 25.1 Å². The van der Waals surface area contributed by atoms with Crippen molar-refractivity contribution in [2.45, 2.75) is 51.9 Å². The van der Waals surface area contributed by atoms with Crippen molar-refractivity contribution >= 4 is 35.9 Å². The van der Waals surface area contributed by atoms with Crippen molar-refractivity contribution in [1.82, 2.24) is 24.3 Å². The molecule has 0 saturated heterocycles. The van der Waals surface area contributed by atoms with Crippen molar-refractivity contribution in [1.29, 1.82) is 0 Å². The predicted molar refractivity (Wildman–Crippen MR) is 167 cm³/mol. The Morgan fingerprint density at radius 1 is 1.02 bits per heavy atom. The molecule has 5 aromatic rings. The summed E-state index contributed by atoms with van der Waals surface area (Å²) >= 11 is 0. The summed E-state index contributed by atoms with van der Waals surface area (Å²) in [7, 11) is -1.76. The van der Waals surface area contributed by atoms with Crippen molar-refractivity contribution in [2.24, 2.45) is 0 Å². The Labute approximate surface area is 245 Å². The molecular formula is C31H37FN6O3Si. The number of fused-ring (bicyclic) bond motifs is 2. The first-order valence-electron chi connectivity index (χ1n) is 14.1. The zero-order valence-electron chi connectivity index (χ0n) is 24.7. The molecule has 0 bridgehead atoms. The van der Waals surface area contributed by atoms with Gasteiger partial charge >= 0.3 is 0 Å². The van der Waals surface area contributed by atoms with Crippen LogP contribution >= 0.6 is 0 Å². The van der Waals surface area contributed by atoms with Crippen molar-refractivity contribution in [3.63, 3.8) is 0 Å². The number of pyridine rings is 2. The van der Waals surface area contributed by atoms with Gasteiger partial charge in [0.1, 0.15) is 17.1 Å². The van der Waals surface area contributed by atoms with Gasteiger partial charge in [0.15, 0.2) is 14.1 Å². The lowest BCUT2D eigenvalue weighted by molar-refractivity contribution is 0.233. The molecule has 0 fully saturated rings. The maximum Gasteiger partial charge on any atom is 0.266 e. The number of nitrogens with one attached hydrogen (secondary N) is 1. The molecule has 1 N–H and O–H groups in total. The lowest BCUT2D eigenvalue weighted by Crippen LogP contribution is -2.41. The lowest BCUT2D eigenvalue weighted by Gasteiger charge is -2.36. The van der Waals surface area contributed by atoms with Crippen LogP contribution in [0.3, 0.4) is 0 Å². The minimum Gasteiger partial charge on any atom is -0.492 e. The molecule has 0 aliphatic rings. The fourth-order valence-electron chi connectivity index (χ4n) is 4.35. The molecule has 4 heterocycles. The number of anilines is 1. The summed E-state index contributed by atoms with van der Waals surface area (Å²) in [6.45, 7) is 13.2. The second kappa shape index (κ2) is 12.0. The molecule has 42 heavy (non-hydrogen) atoms. The Bertz CT molecular complexity index is 1760. The highest BCUT2D eigenvalue weighted by atomic mass is 28.4. The van der Waals surface area contributed by atoms with Crippen LogP contribution in [0.2, 0.25) is 18.1 Å². The van der Waals surface area contributed by atoms with Gasteiger partial charge in [0.2, 0.25) is 0 Å².